The van der Waals surface area contributed by atoms with Gasteiger partial charge in [-0.1, -0.05) is 36.4 Å². The zero-order valence-electron chi connectivity index (χ0n) is 20.5. The molecule has 0 aliphatic carbocycles. The van der Waals surface area contributed by atoms with Crippen LogP contribution in [0.1, 0.15) is 12.8 Å². The number of fused-ring (bicyclic) bond motifs is 2. The van der Waals surface area contributed by atoms with Crippen LogP contribution >= 0.6 is 0 Å². The molecule has 194 valence electrons. The van der Waals surface area contributed by atoms with E-state index in [1.807, 2.05) is 53.4 Å². The fourth-order valence-corrected chi connectivity index (χ4v) is 5.56. The second-order valence-corrected chi connectivity index (χ2v) is 9.98. The van der Waals surface area contributed by atoms with Crippen LogP contribution in [0.3, 0.4) is 0 Å². The molecule has 0 radical (unpaired) electrons. The summed E-state index contributed by atoms with van der Waals surface area (Å²) in [6.07, 6.45) is -0.248. The van der Waals surface area contributed by atoms with Crippen molar-refractivity contribution in [1.82, 2.24) is 9.97 Å². The van der Waals surface area contributed by atoms with E-state index < -0.39 is 11.9 Å². The van der Waals surface area contributed by atoms with Crippen molar-refractivity contribution in [2.75, 3.05) is 24.7 Å². The number of pyridine rings is 1. The Labute approximate surface area is 218 Å². The highest BCUT2D eigenvalue weighted by atomic mass is 19.1. The quantitative estimate of drug-likeness (QED) is 0.416. The first-order chi connectivity index (χ1) is 18.5. The number of H-pyrrole nitrogens is 1. The second kappa shape index (κ2) is 9.20. The number of carbonyl (C=O) groups excluding carboxylic acids is 1. The minimum atomic E-state index is -0.652. The number of anilines is 1. The van der Waals surface area contributed by atoms with Gasteiger partial charge in [-0.2, -0.15) is 0 Å². The molecule has 7 rings (SSSR count). The molecular formula is C29H26FN3O5. The molecule has 0 unspecified atom stereocenters. The number of rotatable bonds is 5. The van der Waals surface area contributed by atoms with Crippen LogP contribution in [-0.4, -0.2) is 65.2 Å². The van der Waals surface area contributed by atoms with Gasteiger partial charge in [0.25, 0.3) is 0 Å². The summed E-state index contributed by atoms with van der Waals surface area (Å²) in [7, 11) is 0. The first-order valence-corrected chi connectivity index (χ1v) is 12.8. The van der Waals surface area contributed by atoms with E-state index in [1.165, 1.54) is 6.07 Å². The molecule has 8 nitrogen and oxygen atoms in total. The molecular weight excluding hydrogens is 489 g/mol. The average Bonchev–Trinajstić information content (AvgIpc) is 3.71. The van der Waals surface area contributed by atoms with Crippen molar-refractivity contribution in [3.8, 4) is 28.3 Å². The maximum absolute atomic E-state index is 15.1. The van der Waals surface area contributed by atoms with E-state index in [4.69, 9.17) is 14.2 Å². The Balaban J connectivity index is 1.10. The van der Waals surface area contributed by atoms with Crippen molar-refractivity contribution in [2.45, 2.75) is 37.3 Å². The summed E-state index contributed by atoms with van der Waals surface area (Å²) < 4.78 is 32.3. The first kappa shape index (κ1) is 23.3. The molecule has 2 aromatic carbocycles. The molecule has 5 heterocycles. The molecule has 38 heavy (non-hydrogen) atoms. The highest BCUT2D eigenvalue weighted by Crippen LogP contribution is 2.33. The molecule has 3 saturated heterocycles. The zero-order chi connectivity index (χ0) is 25.8. The maximum Gasteiger partial charge on any atom is 0.227 e. The van der Waals surface area contributed by atoms with Crippen LogP contribution in [0.25, 0.3) is 33.4 Å². The minimum absolute atomic E-state index is 0.165. The van der Waals surface area contributed by atoms with E-state index in [2.05, 4.69) is 9.97 Å². The van der Waals surface area contributed by atoms with Crippen LogP contribution in [0, 0.1) is 5.82 Å². The molecule has 3 aliphatic rings. The lowest BCUT2D eigenvalue weighted by molar-refractivity contribution is -0.117. The van der Waals surface area contributed by atoms with Gasteiger partial charge < -0.3 is 29.2 Å². The van der Waals surface area contributed by atoms with Crippen LogP contribution in [0.4, 0.5) is 10.1 Å². The molecule has 3 fully saturated rings. The normalized spacial score (nSPS) is 24.9. The number of aliphatic hydroxyl groups excluding tert-OH is 1. The van der Waals surface area contributed by atoms with Gasteiger partial charge in [-0.15, -0.1) is 0 Å². The van der Waals surface area contributed by atoms with Crippen LogP contribution in [0.2, 0.25) is 0 Å². The summed E-state index contributed by atoms with van der Waals surface area (Å²) in [6.45, 7) is 1.29. The van der Waals surface area contributed by atoms with Gasteiger partial charge in [0.2, 0.25) is 5.91 Å². The fourth-order valence-electron chi connectivity index (χ4n) is 5.56. The van der Waals surface area contributed by atoms with Crippen molar-refractivity contribution in [3.63, 3.8) is 0 Å². The van der Waals surface area contributed by atoms with E-state index in [0.29, 0.717) is 35.5 Å². The highest BCUT2D eigenvalue weighted by molar-refractivity contribution is 5.95. The van der Waals surface area contributed by atoms with Crippen LogP contribution in [0.15, 0.2) is 60.7 Å². The van der Waals surface area contributed by atoms with Crippen molar-refractivity contribution in [3.05, 3.63) is 66.5 Å². The fraction of sp³-hybridized carbons (Fsp3) is 0.310. The number of benzene rings is 2. The van der Waals surface area contributed by atoms with Gasteiger partial charge in [-0.3, -0.25) is 4.79 Å². The molecule has 1 amide bonds. The lowest BCUT2D eigenvalue weighted by Gasteiger charge is -2.16. The van der Waals surface area contributed by atoms with Gasteiger partial charge >= 0.3 is 0 Å². The van der Waals surface area contributed by atoms with E-state index in [1.54, 1.807) is 6.07 Å². The maximum atomic E-state index is 15.1. The monoisotopic (exact) mass is 515 g/mol. The average molecular weight is 516 g/mol. The lowest BCUT2D eigenvalue weighted by Crippen LogP contribution is -2.34. The SMILES string of the molecule is O=C1CCCN1c1ccc(-c2ccc(-c3nc4cc(O[C@@H]5CO[C@H]6[C@@H]5OC[C@H]6O)[nH]c4cc3F)cc2)cc1. The predicted molar refractivity (Wildman–Crippen MR) is 138 cm³/mol. The lowest BCUT2D eigenvalue weighted by atomic mass is 10.0. The third-order valence-electron chi connectivity index (χ3n) is 7.54. The number of amides is 1. The summed E-state index contributed by atoms with van der Waals surface area (Å²) in [6, 6.07) is 18.7. The largest absolute Gasteiger partial charge is 0.470 e. The summed E-state index contributed by atoms with van der Waals surface area (Å²) in [4.78, 5) is 21.4. The van der Waals surface area contributed by atoms with Crippen molar-refractivity contribution in [2.24, 2.45) is 0 Å². The molecule has 0 saturated carbocycles. The Morgan fingerprint density at radius 3 is 2.42 bits per heavy atom. The van der Waals surface area contributed by atoms with Gasteiger partial charge in [-0.25, -0.2) is 9.37 Å². The number of aromatic amines is 1. The highest BCUT2D eigenvalue weighted by Gasteiger charge is 2.48. The second-order valence-electron chi connectivity index (χ2n) is 9.98. The van der Waals surface area contributed by atoms with E-state index in [9.17, 15) is 9.90 Å². The Morgan fingerprint density at radius 2 is 1.68 bits per heavy atom. The molecule has 3 aliphatic heterocycles. The zero-order valence-corrected chi connectivity index (χ0v) is 20.5. The van der Waals surface area contributed by atoms with E-state index in [-0.39, 0.29) is 36.5 Å². The number of nitrogens with zero attached hydrogens (tertiary/aromatic N) is 2. The molecule has 2 N–H and O–H groups in total. The summed E-state index contributed by atoms with van der Waals surface area (Å²) in [5, 5.41) is 9.93. The molecule has 4 aromatic rings. The van der Waals surface area contributed by atoms with Crippen LogP contribution in [-0.2, 0) is 14.3 Å². The summed E-state index contributed by atoms with van der Waals surface area (Å²) in [5.74, 6) is 0.168. The number of ether oxygens (including phenoxy) is 3. The van der Waals surface area contributed by atoms with E-state index >= 15 is 4.39 Å². The summed E-state index contributed by atoms with van der Waals surface area (Å²) in [5.41, 5.74) is 4.94. The summed E-state index contributed by atoms with van der Waals surface area (Å²) >= 11 is 0. The van der Waals surface area contributed by atoms with Crippen LogP contribution in [0.5, 0.6) is 5.88 Å². The number of hydrogen-bond donors (Lipinski definition) is 2. The van der Waals surface area contributed by atoms with Gasteiger partial charge in [0, 0.05) is 36.3 Å². The number of nitrogens with one attached hydrogen (secondary N) is 1. The number of aromatic nitrogens is 2. The van der Waals surface area contributed by atoms with Gasteiger partial charge in [0.1, 0.15) is 24.0 Å². The Morgan fingerprint density at radius 1 is 0.974 bits per heavy atom. The van der Waals surface area contributed by atoms with Gasteiger partial charge in [-0.05, 0) is 29.7 Å². The number of aliphatic hydroxyl groups is 1. The van der Waals surface area contributed by atoms with Crippen molar-refractivity contribution in [1.29, 1.82) is 0 Å². The number of halogens is 1. The Kier molecular flexibility index (Phi) is 5.65. The Bertz CT molecular complexity index is 1500. The molecule has 0 bridgehead atoms. The molecule has 9 heteroatoms. The van der Waals surface area contributed by atoms with Crippen molar-refractivity contribution < 1.29 is 28.5 Å². The van der Waals surface area contributed by atoms with Gasteiger partial charge in [0.05, 0.1) is 24.2 Å². The topological polar surface area (TPSA) is 96.9 Å². The molecule has 4 atom stereocenters. The third kappa shape index (κ3) is 4.03. The number of hydrogen-bond acceptors (Lipinski definition) is 6. The minimum Gasteiger partial charge on any atom is -0.470 e. The third-order valence-corrected chi connectivity index (χ3v) is 7.54. The van der Waals surface area contributed by atoms with Crippen LogP contribution < -0.4 is 9.64 Å². The smallest absolute Gasteiger partial charge is 0.227 e. The van der Waals surface area contributed by atoms with E-state index in [0.717, 1.165) is 29.8 Å². The predicted octanol–water partition coefficient (Wildman–Crippen LogP) is 4.07. The van der Waals surface area contributed by atoms with Gasteiger partial charge in [0.15, 0.2) is 17.8 Å². The van der Waals surface area contributed by atoms with Crippen molar-refractivity contribution >= 4 is 22.6 Å². The number of carbonyl (C=O) groups is 1. The standard InChI is InChI=1S/C29H26FN3O5/c30-20-12-21-22(13-25(31-21)38-24-15-37-28-23(34)14-36-29(24)28)32-27(20)18-5-3-16(4-6-18)17-7-9-19(10-8-17)33-11-1-2-26(33)35/h3-10,12-13,23-24,28-29,31,34H,1-2,11,14-15H2/t23-,24-,28-,29-/m1/s1. The Hall–Kier alpha value is -3.79. The molecule has 0 spiro atoms. The first-order valence-electron chi connectivity index (χ1n) is 12.8. The molecule has 2 aromatic heterocycles.